The Kier molecular flexibility index (Phi) is 3.66. The van der Waals surface area contributed by atoms with Gasteiger partial charge in [-0.1, -0.05) is 12.8 Å². The van der Waals surface area contributed by atoms with Crippen molar-refractivity contribution in [2.24, 2.45) is 11.7 Å². The summed E-state index contributed by atoms with van der Waals surface area (Å²) in [6, 6.07) is -0.283. The minimum atomic E-state index is -0.805. The molecule has 0 aromatic carbocycles. The highest BCUT2D eigenvalue weighted by Gasteiger charge is 2.43. The molecule has 1 atom stereocenters. The molecule has 0 aliphatic heterocycles. The molecular formula is C12H20N2O3. The second-order valence-electron chi connectivity index (χ2n) is 5.20. The van der Waals surface area contributed by atoms with Crippen molar-refractivity contribution in [2.45, 2.75) is 50.6 Å². The van der Waals surface area contributed by atoms with E-state index in [1.54, 1.807) is 0 Å². The summed E-state index contributed by atoms with van der Waals surface area (Å²) in [5, 5.41) is 9.33. The van der Waals surface area contributed by atoms with Crippen molar-refractivity contribution in [2.75, 3.05) is 6.54 Å². The lowest BCUT2D eigenvalue weighted by molar-refractivity contribution is -0.146. The summed E-state index contributed by atoms with van der Waals surface area (Å²) in [5.74, 6) is -1.02. The van der Waals surface area contributed by atoms with E-state index in [1.165, 1.54) is 0 Å². The number of hydrogen-bond acceptors (Lipinski definition) is 3. The summed E-state index contributed by atoms with van der Waals surface area (Å²) in [4.78, 5) is 24.3. The van der Waals surface area contributed by atoms with Gasteiger partial charge in [0.1, 0.15) is 6.04 Å². The SMILES string of the molecule is NC(=O)CN(C1CCCC1)C(C(=O)O)C1CC1. The van der Waals surface area contributed by atoms with Crippen molar-refractivity contribution < 1.29 is 14.7 Å². The van der Waals surface area contributed by atoms with E-state index in [4.69, 9.17) is 5.73 Å². The van der Waals surface area contributed by atoms with Gasteiger partial charge in [0.15, 0.2) is 0 Å². The highest BCUT2D eigenvalue weighted by molar-refractivity contribution is 5.79. The monoisotopic (exact) mass is 240 g/mol. The van der Waals surface area contributed by atoms with Gasteiger partial charge in [0, 0.05) is 6.04 Å². The highest BCUT2D eigenvalue weighted by Crippen LogP contribution is 2.38. The Morgan fingerprint density at radius 1 is 1.24 bits per heavy atom. The summed E-state index contributed by atoms with van der Waals surface area (Å²) < 4.78 is 0. The van der Waals surface area contributed by atoms with Crippen molar-refractivity contribution in [3.8, 4) is 0 Å². The van der Waals surface area contributed by atoms with Gasteiger partial charge in [0.2, 0.25) is 5.91 Å². The van der Waals surface area contributed by atoms with Crippen LogP contribution < -0.4 is 5.73 Å². The molecule has 2 fully saturated rings. The standard InChI is InChI=1S/C12H20N2O3/c13-10(15)7-14(9-3-1-2-4-9)11(12(16)17)8-5-6-8/h8-9,11H,1-7H2,(H2,13,15)(H,16,17). The van der Waals surface area contributed by atoms with Crippen LogP contribution in [-0.2, 0) is 9.59 Å². The fraction of sp³-hybridized carbons (Fsp3) is 0.833. The first-order chi connectivity index (χ1) is 8.09. The summed E-state index contributed by atoms with van der Waals surface area (Å²) >= 11 is 0. The van der Waals surface area contributed by atoms with E-state index in [1.807, 2.05) is 4.90 Å². The molecule has 2 rings (SSSR count). The van der Waals surface area contributed by atoms with Gasteiger partial charge in [-0.05, 0) is 31.6 Å². The van der Waals surface area contributed by atoms with E-state index in [2.05, 4.69) is 0 Å². The molecule has 0 radical (unpaired) electrons. The van der Waals surface area contributed by atoms with Crippen LogP contribution in [0.2, 0.25) is 0 Å². The Morgan fingerprint density at radius 3 is 2.24 bits per heavy atom. The molecule has 1 unspecified atom stereocenters. The minimum Gasteiger partial charge on any atom is -0.480 e. The summed E-state index contributed by atoms with van der Waals surface area (Å²) in [5.41, 5.74) is 5.25. The molecule has 5 heteroatoms. The van der Waals surface area contributed by atoms with Crippen molar-refractivity contribution >= 4 is 11.9 Å². The lowest BCUT2D eigenvalue weighted by Gasteiger charge is -2.33. The van der Waals surface area contributed by atoms with Gasteiger partial charge >= 0.3 is 5.97 Å². The smallest absolute Gasteiger partial charge is 0.321 e. The van der Waals surface area contributed by atoms with Crippen molar-refractivity contribution in [1.82, 2.24) is 4.90 Å². The van der Waals surface area contributed by atoms with Crippen molar-refractivity contribution in [1.29, 1.82) is 0 Å². The van der Waals surface area contributed by atoms with E-state index in [9.17, 15) is 14.7 Å². The number of primary amides is 1. The Balaban J connectivity index is 2.11. The number of amides is 1. The van der Waals surface area contributed by atoms with Crippen LogP contribution in [0.3, 0.4) is 0 Å². The number of nitrogens with zero attached hydrogens (tertiary/aromatic N) is 1. The van der Waals surface area contributed by atoms with Gasteiger partial charge in [-0.2, -0.15) is 0 Å². The molecule has 2 saturated carbocycles. The first-order valence-corrected chi connectivity index (χ1v) is 6.36. The Hall–Kier alpha value is -1.10. The topological polar surface area (TPSA) is 83.6 Å². The van der Waals surface area contributed by atoms with Crippen LogP contribution >= 0.6 is 0 Å². The van der Waals surface area contributed by atoms with Crippen molar-refractivity contribution in [3.05, 3.63) is 0 Å². The first kappa shape index (κ1) is 12.4. The van der Waals surface area contributed by atoms with Gasteiger partial charge in [-0.25, -0.2) is 0 Å². The van der Waals surface area contributed by atoms with Crippen LogP contribution in [0, 0.1) is 5.92 Å². The number of carbonyl (C=O) groups excluding carboxylic acids is 1. The number of carboxylic acids is 1. The fourth-order valence-corrected chi connectivity index (χ4v) is 2.90. The molecule has 0 aromatic rings. The molecule has 0 aromatic heterocycles. The maximum Gasteiger partial charge on any atom is 0.321 e. The molecule has 0 bridgehead atoms. The summed E-state index contributed by atoms with van der Waals surface area (Å²) in [6.45, 7) is 0.0815. The maximum atomic E-state index is 11.4. The first-order valence-electron chi connectivity index (χ1n) is 6.36. The molecule has 1 amide bonds. The lowest BCUT2D eigenvalue weighted by Crippen LogP contribution is -2.51. The van der Waals surface area contributed by atoms with E-state index in [0.717, 1.165) is 38.5 Å². The van der Waals surface area contributed by atoms with Crippen LogP contribution in [0.4, 0.5) is 0 Å². The van der Waals surface area contributed by atoms with Crippen molar-refractivity contribution in [3.63, 3.8) is 0 Å². The van der Waals surface area contributed by atoms with E-state index in [0.29, 0.717) is 0 Å². The molecule has 0 heterocycles. The van der Waals surface area contributed by atoms with Crippen LogP contribution in [0.5, 0.6) is 0 Å². The Labute approximate surface area is 101 Å². The average molecular weight is 240 g/mol. The maximum absolute atomic E-state index is 11.4. The average Bonchev–Trinajstić information content (AvgIpc) is 2.92. The minimum absolute atomic E-state index is 0.0815. The predicted octanol–water partition coefficient (Wildman–Crippen LogP) is 0.579. The predicted molar refractivity (Wildman–Crippen MR) is 62.3 cm³/mol. The van der Waals surface area contributed by atoms with Crippen LogP contribution in [0.25, 0.3) is 0 Å². The second-order valence-corrected chi connectivity index (χ2v) is 5.20. The normalized spacial score (nSPS) is 22.9. The molecule has 17 heavy (non-hydrogen) atoms. The van der Waals surface area contributed by atoms with Crippen LogP contribution in [-0.4, -0.2) is 40.5 Å². The van der Waals surface area contributed by atoms with Gasteiger partial charge in [0.05, 0.1) is 6.54 Å². The van der Waals surface area contributed by atoms with Gasteiger partial charge in [0.25, 0.3) is 0 Å². The number of aliphatic carboxylic acids is 1. The zero-order chi connectivity index (χ0) is 12.4. The summed E-state index contributed by atoms with van der Waals surface area (Å²) in [6.07, 6.45) is 6.14. The van der Waals surface area contributed by atoms with Gasteiger partial charge in [-0.3, -0.25) is 14.5 Å². The zero-order valence-electron chi connectivity index (χ0n) is 9.97. The van der Waals surface area contributed by atoms with Crippen LogP contribution in [0.1, 0.15) is 38.5 Å². The number of hydrogen-bond donors (Lipinski definition) is 2. The molecule has 5 nitrogen and oxygen atoms in total. The molecule has 0 spiro atoms. The Morgan fingerprint density at radius 2 is 1.82 bits per heavy atom. The third-order valence-electron chi connectivity index (χ3n) is 3.81. The number of carboxylic acid groups (broad SMARTS) is 1. The van der Waals surface area contributed by atoms with E-state index < -0.39 is 17.9 Å². The highest BCUT2D eigenvalue weighted by atomic mass is 16.4. The quantitative estimate of drug-likeness (QED) is 0.711. The third kappa shape index (κ3) is 2.97. The van der Waals surface area contributed by atoms with E-state index in [-0.39, 0.29) is 18.5 Å². The number of nitrogens with two attached hydrogens (primary N) is 1. The van der Waals surface area contributed by atoms with Crippen LogP contribution in [0.15, 0.2) is 0 Å². The fourth-order valence-electron chi connectivity index (χ4n) is 2.90. The molecule has 2 aliphatic rings. The third-order valence-corrected chi connectivity index (χ3v) is 3.81. The lowest BCUT2D eigenvalue weighted by atomic mass is 10.1. The van der Waals surface area contributed by atoms with E-state index >= 15 is 0 Å². The Bertz CT molecular complexity index is 309. The van der Waals surface area contributed by atoms with Gasteiger partial charge in [-0.15, -0.1) is 0 Å². The largest absolute Gasteiger partial charge is 0.480 e. The molecule has 0 saturated heterocycles. The molecule has 3 N–H and O–H groups in total. The van der Waals surface area contributed by atoms with Gasteiger partial charge < -0.3 is 10.8 Å². The second kappa shape index (κ2) is 5.04. The zero-order valence-corrected chi connectivity index (χ0v) is 9.97. The molecule has 2 aliphatic carbocycles. The number of rotatable bonds is 6. The molecule has 96 valence electrons. The molecular weight excluding hydrogens is 220 g/mol. The number of carbonyl (C=O) groups is 2. The summed E-state index contributed by atoms with van der Waals surface area (Å²) in [7, 11) is 0.